The first kappa shape index (κ1) is 14.9. The minimum Gasteiger partial charge on any atom is -0.324 e. The van der Waals surface area contributed by atoms with Gasteiger partial charge in [-0.1, -0.05) is 11.6 Å². The maximum absolute atomic E-state index is 13.0. The van der Waals surface area contributed by atoms with Gasteiger partial charge < -0.3 is 10.6 Å². The van der Waals surface area contributed by atoms with Crippen molar-refractivity contribution < 1.29 is 14.0 Å². The summed E-state index contributed by atoms with van der Waals surface area (Å²) in [6, 6.07) is 8.81. The third kappa shape index (κ3) is 3.08. The van der Waals surface area contributed by atoms with Crippen LogP contribution in [-0.4, -0.2) is 17.6 Å². The van der Waals surface area contributed by atoms with Crippen molar-refractivity contribution in [1.82, 2.24) is 0 Å². The van der Waals surface area contributed by atoms with E-state index in [0.29, 0.717) is 17.1 Å². The Morgan fingerprint density at radius 2 is 2.09 bits per heavy atom. The average Bonchev–Trinajstić information content (AvgIpc) is 2.46. The molecule has 2 N–H and O–H groups in total. The van der Waals surface area contributed by atoms with Crippen molar-refractivity contribution in [2.24, 2.45) is 0 Å². The van der Waals surface area contributed by atoms with Crippen LogP contribution in [-0.2, 0) is 4.79 Å². The molecule has 0 saturated carbocycles. The molecule has 0 aliphatic carbocycles. The largest absolute Gasteiger partial charge is 0.324 e. The molecule has 0 fully saturated rings. The van der Waals surface area contributed by atoms with Crippen molar-refractivity contribution >= 4 is 46.6 Å². The number of hydrogen-bond donors (Lipinski definition) is 2. The lowest BCUT2D eigenvalue weighted by Crippen LogP contribution is -2.19. The predicted molar refractivity (Wildman–Crippen MR) is 85.2 cm³/mol. The molecule has 1 heterocycles. The summed E-state index contributed by atoms with van der Waals surface area (Å²) in [7, 11) is 0. The van der Waals surface area contributed by atoms with Crippen molar-refractivity contribution in [3.8, 4) is 0 Å². The molecule has 2 amide bonds. The third-order valence-corrected chi connectivity index (χ3v) is 4.43. The summed E-state index contributed by atoms with van der Waals surface area (Å²) in [5.41, 5.74) is 1.36. The Hall–Kier alpha value is -2.05. The quantitative estimate of drug-likeness (QED) is 0.877. The maximum Gasteiger partial charge on any atom is 0.257 e. The number of nitrogens with one attached hydrogen (secondary N) is 2. The predicted octanol–water partition coefficient (Wildman–Crippen LogP) is 3.78. The Morgan fingerprint density at radius 3 is 2.86 bits per heavy atom. The van der Waals surface area contributed by atoms with E-state index < -0.39 is 11.7 Å². The molecule has 4 nitrogen and oxygen atoms in total. The zero-order valence-corrected chi connectivity index (χ0v) is 12.7. The van der Waals surface area contributed by atoms with Gasteiger partial charge in [0.1, 0.15) is 5.82 Å². The van der Waals surface area contributed by atoms with Gasteiger partial charge in [-0.25, -0.2) is 4.39 Å². The van der Waals surface area contributed by atoms with E-state index in [1.165, 1.54) is 23.9 Å². The van der Waals surface area contributed by atoms with Crippen molar-refractivity contribution in [1.29, 1.82) is 0 Å². The molecule has 0 saturated heterocycles. The maximum atomic E-state index is 13.0. The molecular weight excluding hydrogens is 327 g/mol. The number of carbonyl (C=O) groups is 2. The van der Waals surface area contributed by atoms with Crippen LogP contribution in [0.25, 0.3) is 0 Å². The molecule has 22 heavy (non-hydrogen) atoms. The topological polar surface area (TPSA) is 58.2 Å². The molecule has 0 unspecified atom stereocenters. The van der Waals surface area contributed by atoms with Crippen LogP contribution < -0.4 is 10.6 Å². The minimum absolute atomic E-state index is 0.0410. The first-order valence-corrected chi connectivity index (χ1v) is 7.72. The van der Waals surface area contributed by atoms with Crippen molar-refractivity contribution in [3.05, 3.63) is 52.8 Å². The highest BCUT2D eigenvalue weighted by Crippen LogP contribution is 2.33. The Morgan fingerprint density at radius 1 is 1.27 bits per heavy atom. The van der Waals surface area contributed by atoms with Crippen LogP contribution in [0.15, 0.2) is 41.3 Å². The summed E-state index contributed by atoms with van der Waals surface area (Å²) in [4.78, 5) is 24.5. The van der Waals surface area contributed by atoms with Gasteiger partial charge in [0.05, 0.1) is 22.0 Å². The number of rotatable bonds is 2. The summed E-state index contributed by atoms with van der Waals surface area (Å²) in [5, 5.41) is 5.46. The molecule has 0 aromatic heterocycles. The van der Waals surface area contributed by atoms with Gasteiger partial charge in [-0.05, 0) is 36.4 Å². The van der Waals surface area contributed by atoms with Gasteiger partial charge in [0.25, 0.3) is 5.91 Å². The molecule has 3 rings (SSSR count). The molecule has 1 aliphatic heterocycles. The van der Waals surface area contributed by atoms with Crippen LogP contribution in [0, 0.1) is 5.82 Å². The van der Waals surface area contributed by atoms with Gasteiger partial charge >= 0.3 is 0 Å². The second kappa shape index (κ2) is 5.98. The highest BCUT2D eigenvalue weighted by molar-refractivity contribution is 8.00. The van der Waals surface area contributed by atoms with Crippen molar-refractivity contribution in [3.63, 3.8) is 0 Å². The monoisotopic (exact) mass is 336 g/mol. The third-order valence-electron chi connectivity index (χ3n) is 3.05. The fourth-order valence-electron chi connectivity index (χ4n) is 2.03. The second-order valence-electron chi connectivity index (χ2n) is 4.63. The Labute approximate surface area is 135 Å². The first-order chi connectivity index (χ1) is 10.5. The number of carbonyl (C=O) groups excluding carboxylic acids is 2. The number of thioether (sulfide) groups is 1. The van der Waals surface area contributed by atoms with E-state index in [-0.39, 0.29) is 16.5 Å². The van der Waals surface area contributed by atoms with Gasteiger partial charge in [0, 0.05) is 10.6 Å². The van der Waals surface area contributed by atoms with Crippen LogP contribution in [0.3, 0.4) is 0 Å². The van der Waals surface area contributed by atoms with E-state index in [4.69, 9.17) is 11.6 Å². The van der Waals surface area contributed by atoms with Crippen LogP contribution in [0.4, 0.5) is 15.8 Å². The Balaban J connectivity index is 1.82. The van der Waals surface area contributed by atoms with E-state index in [1.54, 1.807) is 12.1 Å². The van der Waals surface area contributed by atoms with E-state index >= 15 is 0 Å². The SMILES string of the molecule is O=C1CSc2ccc(NC(=O)c3ccc(F)cc3Cl)cc2N1. The first-order valence-electron chi connectivity index (χ1n) is 6.36. The summed E-state index contributed by atoms with van der Waals surface area (Å²) in [6.45, 7) is 0. The van der Waals surface area contributed by atoms with Crippen molar-refractivity contribution in [2.75, 3.05) is 16.4 Å². The number of anilines is 2. The average molecular weight is 337 g/mol. The van der Waals surface area contributed by atoms with Crippen LogP contribution in [0.1, 0.15) is 10.4 Å². The molecule has 2 aromatic carbocycles. The Bertz CT molecular complexity index is 782. The summed E-state index contributed by atoms with van der Waals surface area (Å²) < 4.78 is 13.0. The lowest BCUT2D eigenvalue weighted by Gasteiger charge is -2.17. The molecule has 1 aliphatic rings. The lowest BCUT2D eigenvalue weighted by atomic mass is 10.2. The molecule has 0 bridgehead atoms. The van der Waals surface area contributed by atoms with Crippen LogP contribution in [0.2, 0.25) is 5.02 Å². The lowest BCUT2D eigenvalue weighted by molar-refractivity contribution is -0.113. The zero-order valence-electron chi connectivity index (χ0n) is 11.2. The fourth-order valence-corrected chi connectivity index (χ4v) is 3.07. The number of fused-ring (bicyclic) bond motifs is 1. The number of benzene rings is 2. The highest BCUT2D eigenvalue weighted by Gasteiger charge is 2.17. The molecule has 0 spiro atoms. The molecule has 0 atom stereocenters. The van der Waals surface area contributed by atoms with E-state index in [2.05, 4.69) is 10.6 Å². The summed E-state index contributed by atoms with van der Waals surface area (Å²) in [6.07, 6.45) is 0. The molecule has 2 aromatic rings. The van der Waals surface area contributed by atoms with E-state index in [0.717, 1.165) is 11.0 Å². The highest BCUT2D eigenvalue weighted by atomic mass is 35.5. The zero-order chi connectivity index (χ0) is 15.7. The van der Waals surface area contributed by atoms with Crippen LogP contribution in [0.5, 0.6) is 0 Å². The molecule has 112 valence electrons. The summed E-state index contributed by atoms with van der Waals surface area (Å²) >= 11 is 7.30. The van der Waals surface area contributed by atoms with Gasteiger partial charge in [-0.3, -0.25) is 9.59 Å². The Kier molecular flexibility index (Phi) is 4.04. The number of hydrogen-bond acceptors (Lipinski definition) is 3. The number of halogens is 2. The second-order valence-corrected chi connectivity index (χ2v) is 6.05. The van der Waals surface area contributed by atoms with Crippen LogP contribution >= 0.6 is 23.4 Å². The molecule has 7 heteroatoms. The minimum atomic E-state index is -0.505. The van der Waals surface area contributed by atoms with Crippen molar-refractivity contribution in [2.45, 2.75) is 4.90 Å². The van der Waals surface area contributed by atoms with E-state index in [1.807, 2.05) is 6.07 Å². The van der Waals surface area contributed by atoms with Gasteiger partial charge in [0.15, 0.2) is 0 Å². The molecule has 0 radical (unpaired) electrons. The smallest absolute Gasteiger partial charge is 0.257 e. The normalized spacial score (nSPS) is 13.3. The standard InChI is InChI=1S/C15H10ClFN2O2S/c16-11-5-8(17)1-3-10(11)15(21)18-9-2-4-13-12(6-9)19-14(20)7-22-13/h1-6H,7H2,(H,18,21)(H,19,20). The van der Waals surface area contributed by atoms with Gasteiger partial charge in [-0.15, -0.1) is 11.8 Å². The molecular formula is C15H10ClFN2O2S. The summed E-state index contributed by atoms with van der Waals surface area (Å²) in [5.74, 6) is -0.651. The van der Waals surface area contributed by atoms with Gasteiger partial charge in [0.2, 0.25) is 5.91 Å². The number of amides is 2. The fraction of sp³-hybridized carbons (Fsp3) is 0.0667. The van der Waals surface area contributed by atoms with Gasteiger partial charge in [-0.2, -0.15) is 0 Å². The van der Waals surface area contributed by atoms with E-state index in [9.17, 15) is 14.0 Å².